The van der Waals surface area contributed by atoms with Crippen molar-refractivity contribution in [3.05, 3.63) is 59.2 Å². The number of hydrogen-bond donors (Lipinski definition) is 5. The van der Waals surface area contributed by atoms with Crippen LogP contribution in [0.2, 0.25) is 0 Å². The largest absolute Gasteiger partial charge is 0.506 e. The molecular weight excluding hydrogens is 420 g/mol. The van der Waals surface area contributed by atoms with Gasteiger partial charge in [-0.2, -0.15) is 0 Å². The molecular formula is C25H36N4O4. The summed E-state index contributed by atoms with van der Waals surface area (Å²) in [6.07, 6.45) is 0.234. The lowest BCUT2D eigenvalue weighted by atomic mass is 9.93. The van der Waals surface area contributed by atoms with Crippen LogP contribution >= 0.6 is 0 Å². The first-order valence-corrected chi connectivity index (χ1v) is 11.2. The predicted octanol–water partition coefficient (Wildman–Crippen LogP) is 2.94. The second kappa shape index (κ2) is 11.7. The summed E-state index contributed by atoms with van der Waals surface area (Å²) in [7, 11) is 0. The Kier molecular flexibility index (Phi) is 9.25. The zero-order chi connectivity index (χ0) is 24.6. The van der Waals surface area contributed by atoms with E-state index in [4.69, 9.17) is 5.73 Å². The van der Waals surface area contributed by atoms with Crippen molar-refractivity contribution in [2.45, 2.75) is 52.2 Å². The number of primary amides is 1. The number of urea groups is 1. The van der Waals surface area contributed by atoms with E-state index in [-0.39, 0.29) is 29.4 Å². The highest BCUT2D eigenvalue weighted by Gasteiger charge is 2.21. The highest BCUT2D eigenvalue weighted by molar-refractivity contribution is 5.89. The molecule has 3 amide bonds. The van der Waals surface area contributed by atoms with Crippen molar-refractivity contribution < 1.29 is 19.8 Å². The Morgan fingerprint density at radius 3 is 2.39 bits per heavy atom. The Balaban J connectivity index is 2.00. The number of hydrogen-bond acceptors (Lipinski definition) is 5. The van der Waals surface area contributed by atoms with Gasteiger partial charge in [-0.15, -0.1) is 0 Å². The monoisotopic (exact) mass is 456 g/mol. The summed E-state index contributed by atoms with van der Waals surface area (Å²) in [5, 5.41) is 26.2. The number of nitrogens with zero attached hydrogens (tertiary/aromatic N) is 1. The van der Waals surface area contributed by atoms with Gasteiger partial charge in [-0.05, 0) is 62.9 Å². The molecule has 1 atom stereocenters. The third-order valence-electron chi connectivity index (χ3n) is 5.55. The van der Waals surface area contributed by atoms with Crippen LogP contribution in [0, 0.1) is 0 Å². The number of amides is 3. The van der Waals surface area contributed by atoms with Crippen molar-refractivity contribution in [3.8, 4) is 5.75 Å². The lowest BCUT2D eigenvalue weighted by Gasteiger charge is -2.28. The van der Waals surface area contributed by atoms with E-state index < -0.39 is 12.1 Å². The van der Waals surface area contributed by atoms with E-state index in [0.717, 1.165) is 11.1 Å². The van der Waals surface area contributed by atoms with Crippen LogP contribution in [0.15, 0.2) is 42.5 Å². The number of rotatable bonds is 11. The summed E-state index contributed by atoms with van der Waals surface area (Å²) in [5.41, 5.74) is 7.56. The zero-order valence-electron chi connectivity index (χ0n) is 19.9. The number of aromatic hydroxyl groups is 1. The van der Waals surface area contributed by atoms with Crippen LogP contribution in [-0.2, 0) is 17.6 Å². The molecule has 2 aromatic carbocycles. The van der Waals surface area contributed by atoms with Gasteiger partial charge in [0, 0.05) is 25.2 Å². The molecule has 0 bridgehead atoms. The number of carbonyl (C=O) groups excluding carboxylic acids is 2. The Morgan fingerprint density at radius 1 is 1.09 bits per heavy atom. The first kappa shape index (κ1) is 26.2. The van der Waals surface area contributed by atoms with Gasteiger partial charge in [0.15, 0.2) is 0 Å². The molecule has 0 unspecified atom stereocenters. The molecule has 0 radical (unpaired) electrons. The average Bonchev–Trinajstić information content (AvgIpc) is 2.74. The van der Waals surface area contributed by atoms with Crippen molar-refractivity contribution in [2.24, 2.45) is 5.73 Å². The minimum atomic E-state index is -0.851. The van der Waals surface area contributed by atoms with Crippen LogP contribution in [0.25, 0.3) is 0 Å². The average molecular weight is 457 g/mol. The molecule has 33 heavy (non-hydrogen) atoms. The Hall–Kier alpha value is -3.10. The molecule has 2 aromatic rings. The maximum absolute atomic E-state index is 12.4. The number of aliphatic hydroxyl groups is 1. The van der Waals surface area contributed by atoms with Gasteiger partial charge in [0.05, 0.1) is 18.2 Å². The summed E-state index contributed by atoms with van der Waals surface area (Å²) >= 11 is 0. The third kappa shape index (κ3) is 8.07. The van der Waals surface area contributed by atoms with E-state index in [1.54, 1.807) is 6.07 Å². The summed E-state index contributed by atoms with van der Waals surface area (Å²) in [6, 6.07) is 11.7. The maximum atomic E-state index is 12.4. The van der Waals surface area contributed by atoms with Gasteiger partial charge >= 0.3 is 6.03 Å². The number of β-amino-alcohol motifs (C(OH)–C–C–N with tert-alkyl or cyclic N) is 1. The number of phenolic OH excluding ortho intramolecular Hbond substituents is 1. The zero-order valence-corrected chi connectivity index (χ0v) is 19.9. The van der Waals surface area contributed by atoms with Crippen LogP contribution in [0.1, 0.15) is 50.5 Å². The van der Waals surface area contributed by atoms with Gasteiger partial charge in [-0.3, -0.25) is 4.79 Å². The minimum Gasteiger partial charge on any atom is -0.506 e. The van der Waals surface area contributed by atoms with Gasteiger partial charge in [-0.1, -0.05) is 30.3 Å². The highest BCUT2D eigenvalue weighted by atomic mass is 16.3. The molecule has 180 valence electrons. The molecule has 6 N–H and O–H groups in total. The van der Waals surface area contributed by atoms with Gasteiger partial charge in [-0.25, -0.2) is 4.79 Å². The van der Waals surface area contributed by atoms with Gasteiger partial charge < -0.3 is 31.5 Å². The van der Waals surface area contributed by atoms with Crippen molar-refractivity contribution >= 4 is 17.6 Å². The Morgan fingerprint density at radius 2 is 1.76 bits per heavy atom. The molecule has 8 heteroatoms. The van der Waals surface area contributed by atoms with Crippen molar-refractivity contribution in [3.63, 3.8) is 0 Å². The standard InChI is InChI=1S/C25H36N4O4/c1-5-29(6-2)23(32)13-17-8-7-9-18(12-17)15-25(3,4)27-16-22(31)19-10-11-21(30)20(14-19)28-24(26)33/h7-12,14,22,27,30-31H,5-6,13,15-16H2,1-4H3,(H3,26,28,33)/t22-/m0/s1. The molecule has 0 saturated carbocycles. The number of nitrogens with two attached hydrogens (primary N) is 1. The second-order valence-electron chi connectivity index (χ2n) is 8.79. The normalized spacial score (nSPS) is 12.3. The van der Waals surface area contributed by atoms with Crippen LogP contribution < -0.4 is 16.4 Å². The highest BCUT2D eigenvalue weighted by Crippen LogP contribution is 2.27. The summed E-state index contributed by atoms with van der Waals surface area (Å²) in [4.78, 5) is 25.3. The van der Waals surface area contributed by atoms with Crippen LogP contribution in [0.4, 0.5) is 10.5 Å². The molecule has 8 nitrogen and oxygen atoms in total. The number of phenols is 1. The Bertz CT molecular complexity index is 957. The summed E-state index contributed by atoms with van der Waals surface area (Å²) in [5.74, 6) is -0.00542. The van der Waals surface area contributed by atoms with Gasteiger partial charge in [0.25, 0.3) is 0 Å². The molecule has 0 aromatic heterocycles. The number of likely N-dealkylation sites (N-methyl/N-ethyl adjacent to an activating group) is 1. The quantitative estimate of drug-likeness (QED) is 0.332. The number of benzene rings is 2. The van der Waals surface area contributed by atoms with Crippen LogP contribution in [0.5, 0.6) is 5.75 Å². The van der Waals surface area contributed by atoms with Crippen molar-refractivity contribution in [2.75, 3.05) is 25.0 Å². The van der Waals surface area contributed by atoms with Crippen LogP contribution in [-0.4, -0.2) is 52.2 Å². The fourth-order valence-corrected chi connectivity index (χ4v) is 3.77. The fraction of sp³-hybridized carbons (Fsp3) is 0.440. The number of aliphatic hydroxyl groups excluding tert-OH is 1. The molecule has 0 spiro atoms. The molecule has 0 aliphatic carbocycles. The first-order valence-electron chi connectivity index (χ1n) is 11.2. The van der Waals surface area contributed by atoms with E-state index in [1.165, 1.54) is 12.1 Å². The molecule has 0 saturated heterocycles. The molecule has 0 fully saturated rings. The van der Waals surface area contributed by atoms with E-state index in [0.29, 0.717) is 31.5 Å². The lowest BCUT2D eigenvalue weighted by molar-refractivity contribution is -0.130. The van der Waals surface area contributed by atoms with Crippen molar-refractivity contribution in [1.29, 1.82) is 0 Å². The summed E-state index contributed by atoms with van der Waals surface area (Å²) in [6.45, 7) is 9.73. The third-order valence-corrected chi connectivity index (χ3v) is 5.55. The van der Waals surface area contributed by atoms with Gasteiger partial charge in [0.1, 0.15) is 5.75 Å². The maximum Gasteiger partial charge on any atom is 0.316 e. The second-order valence-corrected chi connectivity index (χ2v) is 8.79. The predicted molar refractivity (Wildman–Crippen MR) is 130 cm³/mol. The minimum absolute atomic E-state index is 0.122. The van der Waals surface area contributed by atoms with E-state index >= 15 is 0 Å². The fourth-order valence-electron chi connectivity index (χ4n) is 3.77. The van der Waals surface area contributed by atoms with E-state index in [1.807, 2.05) is 50.8 Å². The topological polar surface area (TPSA) is 128 Å². The van der Waals surface area contributed by atoms with Gasteiger partial charge in [0.2, 0.25) is 5.91 Å². The van der Waals surface area contributed by atoms with E-state index in [9.17, 15) is 19.8 Å². The molecule has 0 aliphatic rings. The number of anilines is 1. The van der Waals surface area contributed by atoms with Crippen LogP contribution in [0.3, 0.4) is 0 Å². The Labute approximate surface area is 195 Å². The SMILES string of the molecule is CCN(CC)C(=O)Cc1cccc(CC(C)(C)NC[C@H](O)c2ccc(O)c(NC(N)=O)c2)c1. The summed E-state index contributed by atoms with van der Waals surface area (Å²) < 4.78 is 0. The number of nitrogens with one attached hydrogen (secondary N) is 2. The lowest BCUT2D eigenvalue weighted by Crippen LogP contribution is -2.43. The molecule has 2 rings (SSSR count). The first-order chi connectivity index (χ1) is 15.5. The molecule has 0 heterocycles. The van der Waals surface area contributed by atoms with E-state index in [2.05, 4.69) is 16.7 Å². The number of carbonyl (C=O) groups is 2. The van der Waals surface area contributed by atoms with Crippen molar-refractivity contribution in [1.82, 2.24) is 10.2 Å². The smallest absolute Gasteiger partial charge is 0.316 e. The molecule has 0 aliphatic heterocycles.